The number of aryl methyl sites for hydroxylation is 2. The largest absolute Gasteiger partial charge is 0.454 e. The minimum Gasteiger partial charge on any atom is -0.454 e. The molecule has 0 saturated carbocycles. The van der Waals surface area contributed by atoms with Crippen LogP contribution in [0.1, 0.15) is 18.9 Å². The molecule has 3 aromatic rings. The van der Waals surface area contributed by atoms with Crippen molar-refractivity contribution in [1.29, 1.82) is 0 Å². The second kappa shape index (κ2) is 7.78. The molecular weight excluding hydrogens is 380 g/mol. The summed E-state index contributed by atoms with van der Waals surface area (Å²) in [6.07, 6.45) is 0.958. The van der Waals surface area contributed by atoms with E-state index in [0.29, 0.717) is 5.75 Å². The van der Waals surface area contributed by atoms with Crippen molar-refractivity contribution < 1.29 is 14.3 Å². The van der Waals surface area contributed by atoms with Gasteiger partial charge in [0.1, 0.15) is 0 Å². The van der Waals surface area contributed by atoms with Gasteiger partial charge in [-0.15, -0.1) is 11.8 Å². The van der Waals surface area contributed by atoms with Crippen LogP contribution < -0.4 is 14.3 Å². The first-order valence-corrected chi connectivity index (χ1v) is 10.6. The maximum atomic E-state index is 12.4. The normalized spacial score (nSPS) is 13.5. The van der Waals surface area contributed by atoms with E-state index >= 15 is 0 Å². The highest BCUT2D eigenvalue weighted by atomic mass is 32.2. The average molecular weight is 401 g/mol. The van der Waals surface area contributed by atoms with E-state index < -0.39 is 0 Å². The molecule has 0 fully saturated rings. The summed E-state index contributed by atoms with van der Waals surface area (Å²) in [4.78, 5) is 18.6. The van der Waals surface area contributed by atoms with E-state index in [-0.39, 0.29) is 12.7 Å². The number of thioether (sulfide) groups is 1. The second-order valence-corrected chi connectivity index (χ2v) is 8.37. The first-order valence-electron chi connectivity index (χ1n) is 8.84. The summed E-state index contributed by atoms with van der Waals surface area (Å²) in [6, 6.07) is 12.1. The van der Waals surface area contributed by atoms with Gasteiger partial charge in [-0.3, -0.25) is 4.79 Å². The molecule has 27 heavy (non-hydrogen) atoms. The first kappa shape index (κ1) is 18.1. The molecule has 1 aliphatic rings. The molecule has 1 aliphatic heterocycles. The molecule has 0 atom stereocenters. The molecule has 0 radical (unpaired) electrons. The quantitative estimate of drug-likeness (QED) is 0.597. The molecule has 1 aromatic heterocycles. The molecule has 2 heterocycles. The van der Waals surface area contributed by atoms with Gasteiger partial charge in [0.05, 0.1) is 16.0 Å². The number of carbonyl (C=O) groups is 1. The molecule has 0 N–H and O–H groups in total. The number of carbonyl (C=O) groups excluding carboxylic acids is 1. The standard InChI is InChI=1S/C20H20N2O3S2/c1-3-8-22-15-9-16-17(25-12-24-16)10-18(15)27-20(22)21-19(23)11-26-14-6-4-13(2)5-7-14/h4-7,9-10H,3,8,11-12H2,1-2H3. The molecule has 0 saturated heterocycles. The summed E-state index contributed by atoms with van der Waals surface area (Å²) in [5.41, 5.74) is 2.24. The summed E-state index contributed by atoms with van der Waals surface area (Å²) < 4.78 is 14.1. The van der Waals surface area contributed by atoms with E-state index in [0.717, 1.165) is 44.4 Å². The molecule has 140 valence electrons. The van der Waals surface area contributed by atoms with E-state index in [1.54, 1.807) is 0 Å². The maximum absolute atomic E-state index is 12.4. The van der Waals surface area contributed by atoms with Crippen LogP contribution in [-0.4, -0.2) is 23.0 Å². The summed E-state index contributed by atoms with van der Waals surface area (Å²) >= 11 is 3.02. The molecule has 0 spiro atoms. The van der Waals surface area contributed by atoms with Crippen molar-refractivity contribution in [2.75, 3.05) is 12.5 Å². The zero-order chi connectivity index (χ0) is 18.8. The number of hydrogen-bond donors (Lipinski definition) is 0. The Bertz CT molecular complexity index is 1050. The van der Waals surface area contributed by atoms with Crippen LogP contribution in [-0.2, 0) is 11.3 Å². The van der Waals surface area contributed by atoms with E-state index in [1.165, 1.54) is 28.7 Å². The van der Waals surface area contributed by atoms with Gasteiger partial charge < -0.3 is 14.0 Å². The summed E-state index contributed by atoms with van der Waals surface area (Å²) in [7, 11) is 0. The lowest BCUT2D eigenvalue weighted by atomic mass is 10.2. The van der Waals surface area contributed by atoms with E-state index in [2.05, 4.69) is 35.5 Å². The summed E-state index contributed by atoms with van der Waals surface area (Å²) in [5.74, 6) is 1.70. The molecule has 2 aromatic carbocycles. The zero-order valence-corrected chi connectivity index (χ0v) is 16.9. The van der Waals surface area contributed by atoms with Gasteiger partial charge in [-0.2, -0.15) is 4.99 Å². The van der Waals surface area contributed by atoms with Crippen LogP contribution in [0.15, 0.2) is 46.3 Å². The molecule has 7 heteroatoms. The summed E-state index contributed by atoms with van der Waals surface area (Å²) in [6.45, 7) is 5.22. The summed E-state index contributed by atoms with van der Waals surface area (Å²) in [5, 5.41) is 0. The lowest BCUT2D eigenvalue weighted by Gasteiger charge is -2.03. The number of ether oxygens (including phenoxy) is 2. The van der Waals surface area contributed by atoms with Crippen molar-refractivity contribution in [3.05, 3.63) is 46.8 Å². The Hall–Kier alpha value is -2.25. The number of hydrogen-bond acceptors (Lipinski definition) is 5. The minimum absolute atomic E-state index is 0.128. The Labute approximate surface area is 165 Å². The van der Waals surface area contributed by atoms with Gasteiger partial charge in [0, 0.05) is 23.6 Å². The maximum Gasteiger partial charge on any atom is 0.258 e. The number of nitrogens with zero attached hydrogens (tertiary/aromatic N) is 2. The Morgan fingerprint density at radius 1 is 1.22 bits per heavy atom. The molecule has 0 bridgehead atoms. The van der Waals surface area contributed by atoms with Crippen LogP contribution in [0.25, 0.3) is 10.2 Å². The van der Waals surface area contributed by atoms with Crippen molar-refractivity contribution in [2.45, 2.75) is 31.7 Å². The Morgan fingerprint density at radius 3 is 2.70 bits per heavy atom. The number of benzene rings is 2. The minimum atomic E-state index is -0.128. The predicted molar refractivity (Wildman–Crippen MR) is 109 cm³/mol. The second-order valence-electron chi connectivity index (χ2n) is 6.32. The lowest BCUT2D eigenvalue weighted by Crippen LogP contribution is -2.17. The highest BCUT2D eigenvalue weighted by molar-refractivity contribution is 8.00. The third-order valence-electron chi connectivity index (χ3n) is 4.23. The van der Waals surface area contributed by atoms with Crippen LogP contribution in [0.3, 0.4) is 0 Å². The van der Waals surface area contributed by atoms with Gasteiger partial charge in [0.2, 0.25) is 6.79 Å². The van der Waals surface area contributed by atoms with Gasteiger partial charge >= 0.3 is 0 Å². The monoisotopic (exact) mass is 400 g/mol. The molecule has 5 nitrogen and oxygen atoms in total. The number of fused-ring (bicyclic) bond motifs is 2. The number of aromatic nitrogens is 1. The molecule has 4 rings (SSSR count). The van der Waals surface area contributed by atoms with Gasteiger partial charge in [-0.1, -0.05) is 36.0 Å². The van der Waals surface area contributed by atoms with Gasteiger partial charge in [0.15, 0.2) is 16.3 Å². The van der Waals surface area contributed by atoms with Crippen LogP contribution in [0, 0.1) is 6.92 Å². The van der Waals surface area contributed by atoms with E-state index in [4.69, 9.17) is 9.47 Å². The zero-order valence-electron chi connectivity index (χ0n) is 15.2. The number of amides is 1. The fraction of sp³-hybridized carbons (Fsp3) is 0.300. The first-order chi connectivity index (χ1) is 13.1. The number of thiazole rings is 1. The predicted octanol–water partition coefficient (Wildman–Crippen LogP) is 4.37. The Morgan fingerprint density at radius 2 is 1.96 bits per heavy atom. The smallest absolute Gasteiger partial charge is 0.258 e. The fourth-order valence-corrected chi connectivity index (χ4v) is 4.67. The Kier molecular flexibility index (Phi) is 5.22. The molecule has 1 amide bonds. The fourth-order valence-electron chi connectivity index (χ4n) is 2.90. The molecule has 0 unspecified atom stereocenters. The lowest BCUT2D eigenvalue weighted by molar-refractivity contribution is -0.115. The van der Waals surface area contributed by atoms with Crippen molar-refractivity contribution in [3.63, 3.8) is 0 Å². The highest BCUT2D eigenvalue weighted by Crippen LogP contribution is 2.37. The van der Waals surface area contributed by atoms with Gasteiger partial charge in [-0.05, 0) is 25.5 Å². The van der Waals surface area contributed by atoms with Crippen molar-refractivity contribution in [2.24, 2.45) is 4.99 Å². The Balaban J connectivity index is 1.62. The average Bonchev–Trinajstić information content (AvgIpc) is 3.24. The van der Waals surface area contributed by atoms with Gasteiger partial charge in [0.25, 0.3) is 5.91 Å². The molecular formula is C20H20N2O3S2. The van der Waals surface area contributed by atoms with Crippen molar-refractivity contribution in [1.82, 2.24) is 4.57 Å². The highest BCUT2D eigenvalue weighted by Gasteiger charge is 2.17. The van der Waals surface area contributed by atoms with Gasteiger partial charge in [-0.25, -0.2) is 0 Å². The van der Waals surface area contributed by atoms with Crippen LogP contribution >= 0.6 is 23.1 Å². The topological polar surface area (TPSA) is 52.8 Å². The van der Waals surface area contributed by atoms with E-state index in [1.807, 2.05) is 24.3 Å². The van der Waals surface area contributed by atoms with Crippen LogP contribution in [0.5, 0.6) is 11.5 Å². The third kappa shape index (κ3) is 3.89. The molecule has 0 aliphatic carbocycles. The van der Waals surface area contributed by atoms with Crippen LogP contribution in [0.4, 0.5) is 0 Å². The SMILES string of the molecule is CCCn1c(=NC(=O)CSc2ccc(C)cc2)sc2cc3c(cc21)OCO3. The van der Waals surface area contributed by atoms with Crippen molar-refractivity contribution in [3.8, 4) is 11.5 Å². The van der Waals surface area contributed by atoms with Crippen LogP contribution in [0.2, 0.25) is 0 Å². The van der Waals surface area contributed by atoms with E-state index in [9.17, 15) is 4.79 Å². The van der Waals surface area contributed by atoms with Crippen molar-refractivity contribution >= 4 is 39.2 Å². The third-order valence-corrected chi connectivity index (χ3v) is 6.27. The number of rotatable bonds is 5.